The number of rotatable bonds is 3. The van der Waals surface area contributed by atoms with Crippen LogP contribution in [0.3, 0.4) is 0 Å². The summed E-state index contributed by atoms with van der Waals surface area (Å²) in [6.45, 7) is 0.307. The van der Waals surface area contributed by atoms with Crippen LogP contribution in [0, 0.1) is 5.92 Å². The Bertz CT molecular complexity index is 661. The summed E-state index contributed by atoms with van der Waals surface area (Å²) in [4.78, 5) is 27.0. The first-order valence-electron chi connectivity index (χ1n) is 9.03. The summed E-state index contributed by atoms with van der Waals surface area (Å²) >= 11 is 0. The summed E-state index contributed by atoms with van der Waals surface area (Å²) in [6, 6.07) is 4.12. The van der Waals surface area contributed by atoms with Gasteiger partial charge in [0, 0.05) is 18.9 Å². The van der Waals surface area contributed by atoms with E-state index in [1.165, 1.54) is 13.5 Å². The van der Waals surface area contributed by atoms with E-state index in [1.807, 2.05) is 6.07 Å². The molecule has 1 aromatic rings. The summed E-state index contributed by atoms with van der Waals surface area (Å²) in [5.41, 5.74) is 5.98. The Kier molecular flexibility index (Phi) is 6.89. The second kappa shape index (κ2) is 8.73. The monoisotopic (exact) mass is 382 g/mol. The largest absolute Gasteiger partial charge is 1.00 e. The molecule has 4 N–H and O–H groups in total. The second-order valence-corrected chi connectivity index (χ2v) is 7.17. The first kappa shape index (κ1) is 20.5. The Morgan fingerprint density at radius 2 is 1.92 bits per heavy atom. The van der Waals surface area contributed by atoms with Crippen molar-refractivity contribution in [3.63, 3.8) is 0 Å². The lowest BCUT2D eigenvalue weighted by Crippen LogP contribution is -3.00. The molecule has 144 valence electrons. The van der Waals surface area contributed by atoms with E-state index < -0.39 is 12.0 Å². The number of carbonyl (C=O) groups excluding carboxylic acids is 2. The van der Waals surface area contributed by atoms with E-state index in [9.17, 15) is 14.7 Å². The highest BCUT2D eigenvalue weighted by Crippen LogP contribution is 2.30. The van der Waals surface area contributed by atoms with E-state index in [0.29, 0.717) is 13.0 Å². The molecular weight excluding hydrogens is 356 g/mol. The van der Waals surface area contributed by atoms with Gasteiger partial charge in [-0.05, 0) is 36.1 Å². The average molecular weight is 383 g/mol. The quantitative estimate of drug-likeness (QED) is 0.592. The molecule has 1 heterocycles. The minimum Gasteiger partial charge on any atom is -1.00 e. The zero-order chi connectivity index (χ0) is 18.0. The van der Waals surface area contributed by atoms with E-state index in [4.69, 9.17) is 4.74 Å². The third kappa shape index (κ3) is 4.13. The minimum atomic E-state index is -0.623. The molecule has 0 radical (unpaired) electrons. The smallest absolute Gasteiger partial charge is 0.328 e. The van der Waals surface area contributed by atoms with Gasteiger partial charge in [-0.25, -0.2) is 4.79 Å². The van der Waals surface area contributed by atoms with E-state index in [2.05, 4.69) is 5.73 Å². The van der Waals surface area contributed by atoms with Gasteiger partial charge < -0.3 is 32.9 Å². The van der Waals surface area contributed by atoms with Crippen molar-refractivity contribution in [2.75, 3.05) is 7.11 Å². The fourth-order valence-corrected chi connectivity index (χ4v) is 4.10. The van der Waals surface area contributed by atoms with E-state index in [1.54, 1.807) is 17.0 Å². The molecule has 2 aliphatic rings. The number of ether oxygens (including phenoxy) is 1. The van der Waals surface area contributed by atoms with Crippen LogP contribution in [0.2, 0.25) is 0 Å². The van der Waals surface area contributed by atoms with Crippen molar-refractivity contribution in [1.29, 1.82) is 0 Å². The molecule has 1 aromatic carbocycles. The van der Waals surface area contributed by atoms with Crippen LogP contribution in [0.5, 0.6) is 5.75 Å². The summed E-state index contributed by atoms with van der Waals surface area (Å²) in [7, 11) is 1.35. The molecule has 0 bridgehead atoms. The van der Waals surface area contributed by atoms with Crippen molar-refractivity contribution >= 4 is 11.9 Å². The van der Waals surface area contributed by atoms with Crippen molar-refractivity contribution in [1.82, 2.24) is 4.90 Å². The van der Waals surface area contributed by atoms with Crippen molar-refractivity contribution in [3.8, 4) is 5.75 Å². The maximum atomic E-state index is 13.1. The SMILES string of the molecule is COC(=O)[C@@H]1Cc2ccc(O)cc2CN1C(=O)[C@@H]([NH3+])C1CCCCC1.[Cl-]. The summed E-state index contributed by atoms with van der Waals surface area (Å²) < 4.78 is 4.93. The number of amides is 1. The number of methoxy groups -OCH3 is 1. The zero-order valence-corrected chi connectivity index (χ0v) is 15.9. The van der Waals surface area contributed by atoms with Gasteiger partial charge >= 0.3 is 5.97 Å². The molecule has 26 heavy (non-hydrogen) atoms. The van der Waals surface area contributed by atoms with Crippen molar-refractivity contribution in [3.05, 3.63) is 29.3 Å². The van der Waals surface area contributed by atoms with E-state index >= 15 is 0 Å². The number of fused-ring (bicyclic) bond motifs is 1. The van der Waals surface area contributed by atoms with Crippen LogP contribution < -0.4 is 18.1 Å². The fraction of sp³-hybridized carbons (Fsp3) is 0.579. The van der Waals surface area contributed by atoms with Crippen molar-refractivity contribution in [2.24, 2.45) is 5.92 Å². The van der Waals surface area contributed by atoms with Gasteiger partial charge in [0.15, 0.2) is 6.04 Å². The standard InChI is InChI=1S/C19H26N2O4.ClH/c1-25-19(24)16-10-13-7-8-15(22)9-14(13)11-21(16)18(23)17(20)12-5-3-2-4-6-12;/h7-9,12,16-17,22H,2-6,10-11,20H2,1H3;1H/t16-,17-;/m0./s1. The number of phenolic OH excluding ortho intramolecular Hbond substituents is 1. The van der Waals surface area contributed by atoms with Gasteiger partial charge in [-0.3, -0.25) is 4.79 Å². The normalized spacial score (nSPS) is 21.3. The number of benzene rings is 1. The van der Waals surface area contributed by atoms with Gasteiger partial charge in [0.05, 0.1) is 7.11 Å². The van der Waals surface area contributed by atoms with E-state index in [-0.39, 0.29) is 36.0 Å². The summed E-state index contributed by atoms with van der Waals surface area (Å²) in [6.07, 6.45) is 5.95. The number of phenols is 1. The molecule has 6 nitrogen and oxygen atoms in total. The molecular formula is C19H27ClN2O4. The predicted octanol–water partition coefficient (Wildman–Crippen LogP) is -1.99. The van der Waals surface area contributed by atoms with Gasteiger partial charge in [-0.1, -0.05) is 25.3 Å². The molecule has 1 fully saturated rings. The molecule has 3 rings (SSSR count). The average Bonchev–Trinajstić information content (AvgIpc) is 2.65. The Labute approximate surface area is 160 Å². The number of nitrogens with zero attached hydrogens (tertiary/aromatic N) is 1. The molecule has 7 heteroatoms. The highest BCUT2D eigenvalue weighted by molar-refractivity contribution is 5.87. The first-order chi connectivity index (χ1) is 12.0. The van der Waals surface area contributed by atoms with Gasteiger partial charge in [0.25, 0.3) is 5.91 Å². The van der Waals surface area contributed by atoms with Crippen molar-refractivity contribution < 1.29 is 37.6 Å². The lowest BCUT2D eigenvalue weighted by molar-refractivity contribution is -0.420. The van der Waals surface area contributed by atoms with Crippen LogP contribution in [0.4, 0.5) is 0 Å². The van der Waals surface area contributed by atoms with E-state index in [0.717, 1.165) is 36.8 Å². The maximum Gasteiger partial charge on any atom is 0.328 e. The van der Waals surface area contributed by atoms with Crippen LogP contribution in [0.25, 0.3) is 0 Å². The fourth-order valence-electron chi connectivity index (χ4n) is 4.10. The maximum absolute atomic E-state index is 13.1. The third-order valence-electron chi connectivity index (χ3n) is 5.61. The van der Waals surface area contributed by atoms with Crippen LogP contribution in [0.15, 0.2) is 18.2 Å². The number of hydrogen-bond donors (Lipinski definition) is 2. The molecule has 0 unspecified atom stereocenters. The number of aromatic hydroxyl groups is 1. The number of hydrogen-bond acceptors (Lipinski definition) is 4. The van der Waals surface area contributed by atoms with Gasteiger partial charge in [-0.2, -0.15) is 0 Å². The number of carbonyl (C=O) groups is 2. The topological polar surface area (TPSA) is 94.5 Å². The Hall–Kier alpha value is -1.79. The Balaban J connectivity index is 0.00000243. The number of halogens is 1. The highest BCUT2D eigenvalue weighted by atomic mass is 35.5. The van der Waals surface area contributed by atoms with Gasteiger partial charge in [0.2, 0.25) is 0 Å². The van der Waals surface area contributed by atoms with Crippen LogP contribution in [-0.2, 0) is 27.3 Å². The van der Waals surface area contributed by atoms with Gasteiger partial charge in [-0.15, -0.1) is 0 Å². The molecule has 1 amide bonds. The highest BCUT2D eigenvalue weighted by Gasteiger charge is 2.41. The molecule has 1 saturated carbocycles. The number of quaternary nitrogens is 1. The summed E-state index contributed by atoms with van der Waals surface area (Å²) in [5.74, 6) is -0.0366. The Morgan fingerprint density at radius 1 is 1.23 bits per heavy atom. The molecule has 0 aromatic heterocycles. The zero-order valence-electron chi connectivity index (χ0n) is 15.1. The molecule has 0 spiro atoms. The molecule has 2 atom stereocenters. The van der Waals surface area contributed by atoms with Crippen LogP contribution in [0.1, 0.15) is 43.2 Å². The molecule has 0 saturated heterocycles. The number of esters is 1. The summed E-state index contributed by atoms with van der Waals surface area (Å²) in [5, 5.41) is 9.74. The first-order valence-corrected chi connectivity index (χ1v) is 9.03. The van der Waals surface area contributed by atoms with Crippen LogP contribution >= 0.6 is 0 Å². The lowest BCUT2D eigenvalue weighted by atomic mass is 9.83. The minimum absolute atomic E-state index is 0. The second-order valence-electron chi connectivity index (χ2n) is 7.17. The van der Waals surface area contributed by atoms with Gasteiger partial charge in [0.1, 0.15) is 11.8 Å². The third-order valence-corrected chi connectivity index (χ3v) is 5.61. The van der Waals surface area contributed by atoms with Crippen molar-refractivity contribution in [2.45, 2.75) is 57.2 Å². The molecule has 1 aliphatic carbocycles. The molecule has 1 aliphatic heterocycles. The predicted molar refractivity (Wildman–Crippen MR) is 91.4 cm³/mol. The van der Waals surface area contributed by atoms with Crippen LogP contribution in [-0.4, -0.2) is 41.1 Å². The Morgan fingerprint density at radius 3 is 2.58 bits per heavy atom. The lowest BCUT2D eigenvalue weighted by Gasteiger charge is -2.37.